The van der Waals surface area contributed by atoms with Crippen LogP contribution in [-0.4, -0.2) is 11.1 Å². The van der Waals surface area contributed by atoms with E-state index in [1.165, 1.54) is 11.1 Å². The van der Waals surface area contributed by atoms with Crippen molar-refractivity contribution in [2.45, 2.75) is 19.4 Å². The Morgan fingerprint density at radius 1 is 0.442 bits per heavy atom. The summed E-state index contributed by atoms with van der Waals surface area (Å²) in [5, 5.41) is 18.6. The molecule has 14 aromatic rings. The number of rotatable bonds is 13. The third-order valence-electron chi connectivity index (χ3n) is 17.0. The van der Waals surface area contributed by atoms with Gasteiger partial charge in [0.1, 0.15) is 16.9 Å². The smallest absolute Gasteiger partial charge is 0.159 e. The van der Waals surface area contributed by atoms with E-state index in [4.69, 9.17) is 15.4 Å². The van der Waals surface area contributed by atoms with Gasteiger partial charge in [-0.25, -0.2) is 0 Å². The molecule has 5 nitrogen and oxygen atoms in total. The Hall–Kier alpha value is -11.1. The van der Waals surface area contributed by atoms with Gasteiger partial charge in [-0.15, -0.1) is 0 Å². The number of allylic oxidation sites excluding steroid dienone is 4. The summed E-state index contributed by atoms with van der Waals surface area (Å²) in [6, 6.07) is 95.0. The van der Waals surface area contributed by atoms with E-state index in [1.54, 1.807) is 0 Å². The van der Waals surface area contributed by atoms with Gasteiger partial charge in [0.05, 0.1) is 23.1 Å². The lowest BCUT2D eigenvalue weighted by atomic mass is 9.92. The largest absolute Gasteiger partial charge is 0.507 e. The molecule has 410 valence electrons. The average molecular weight is 1110 g/mol. The van der Waals surface area contributed by atoms with Crippen molar-refractivity contribution in [3.8, 4) is 39.1 Å². The monoisotopic (exact) mass is 1110 g/mol. The lowest BCUT2D eigenvalue weighted by molar-refractivity contribution is 0.480. The molecule has 0 amide bonds. The summed E-state index contributed by atoms with van der Waals surface area (Å²) in [7, 11) is 0. The summed E-state index contributed by atoms with van der Waals surface area (Å²) in [5.74, 6) is 0.135. The molecule has 5 heteroatoms. The molecule has 0 fully saturated rings. The summed E-state index contributed by atoms with van der Waals surface area (Å²) in [6.07, 6.45) is 9.78. The number of furan rings is 2. The van der Waals surface area contributed by atoms with Crippen LogP contribution in [0, 0.1) is 6.92 Å². The van der Waals surface area contributed by atoms with Crippen molar-refractivity contribution in [2.75, 3.05) is 9.80 Å². The molecule has 2 heterocycles. The minimum Gasteiger partial charge on any atom is -0.507 e. The highest BCUT2D eigenvalue weighted by molar-refractivity contribution is 6.16. The second-order valence-corrected chi connectivity index (χ2v) is 22.1. The number of phenolic OH excluding ortho intramolecular Hbond substituents is 1. The summed E-state index contributed by atoms with van der Waals surface area (Å²) in [4.78, 5) is 4.72. The first-order chi connectivity index (χ1) is 42.4. The summed E-state index contributed by atoms with van der Waals surface area (Å²) >= 11 is 0. The van der Waals surface area contributed by atoms with E-state index >= 15 is 0 Å². The van der Waals surface area contributed by atoms with Crippen LogP contribution in [0.25, 0.3) is 105 Å². The molecule has 1 unspecified atom stereocenters. The SMILES string of the molecule is C=C(/C=C(\c1ccccc1C)N(c1cccc2c1oc1c(-c3ccccc3)cccc12)C1C=CC(c2ccccc2)=CC1)c1cc(N(c2ccc(-c3ccccc3)cc2)c2cccc3c2oc2c(-c4ccccc4)cccc23)c2ccccc2c1O. The number of benzene rings is 12. The van der Waals surface area contributed by atoms with Gasteiger partial charge in [-0.2, -0.15) is 0 Å². The van der Waals surface area contributed by atoms with Gasteiger partial charge in [0.2, 0.25) is 0 Å². The second-order valence-electron chi connectivity index (χ2n) is 22.1. The topological polar surface area (TPSA) is 53.0 Å². The highest BCUT2D eigenvalue weighted by Crippen LogP contribution is 2.50. The van der Waals surface area contributed by atoms with Gasteiger partial charge in [-0.3, -0.25) is 0 Å². The number of phenols is 1. The van der Waals surface area contributed by atoms with Crippen LogP contribution in [0.2, 0.25) is 0 Å². The van der Waals surface area contributed by atoms with Gasteiger partial charge in [0, 0.05) is 66.0 Å². The van der Waals surface area contributed by atoms with Gasteiger partial charge in [-0.05, 0) is 94.3 Å². The van der Waals surface area contributed by atoms with Crippen LogP contribution in [0.3, 0.4) is 0 Å². The zero-order valence-corrected chi connectivity index (χ0v) is 47.4. The van der Waals surface area contributed by atoms with Gasteiger partial charge in [0.25, 0.3) is 0 Å². The average Bonchev–Trinajstić information content (AvgIpc) is 2.85. The minimum absolute atomic E-state index is 0.135. The van der Waals surface area contributed by atoms with Crippen LogP contribution in [0.4, 0.5) is 22.7 Å². The van der Waals surface area contributed by atoms with Crippen LogP contribution >= 0.6 is 0 Å². The lowest BCUT2D eigenvalue weighted by Gasteiger charge is -2.36. The molecule has 0 spiro atoms. The van der Waals surface area contributed by atoms with E-state index in [1.807, 2.05) is 36.4 Å². The van der Waals surface area contributed by atoms with Gasteiger partial charge >= 0.3 is 0 Å². The van der Waals surface area contributed by atoms with Crippen molar-refractivity contribution >= 4 is 94.2 Å². The molecule has 86 heavy (non-hydrogen) atoms. The van der Waals surface area contributed by atoms with E-state index in [0.717, 1.165) is 122 Å². The number of anilines is 4. The maximum Gasteiger partial charge on any atom is 0.159 e. The van der Waals surface area contributed by atoms with Gasteiger partial charge < -0.3 is 23.7 Å². The number of hydrogen-bond donors (Lipinski definition) is 1. The normalized spacial score (nSPS) is 13.4. The fourth-order valence-electron chi connectivity index (χ4n) is 12.8. The van der Waals surface area contributed by atoms with Crippen LogP contribution in [0.15, 0.2) is 313 Å². The molecule has 1 aliphatic carbocycles. The van der Waals surface area contributed by atoms with Crippen LogP contribution in [0.5, 0.6) is 5.75 Å². The first kappa shape index (κ1) is 51.7. The number of hydrogen-bond acceptors (Lipinski definition) is 5. The Morgan fingerprint density at radius 2 is 0.919 bits per heavy atom. The standard InChI is InChI=1S/C81H58N2O3/c1-53-23-15-16-32-63(53)75(82(61-47-43-57(44-48-61)55-24-7-3-8-25-55)73-41-21-39-70-68-37-19-35-64(78(68)85-80(70)73)59-28-11-5-12-29-59)51-54(2)72-52-76(66-33-17-18-34-67(66)77(72)84)83(62-49-45-58(46-50-62)56-26-9-4-10-27-56)74-42-22-40-71-69-38-20-36-65(79(69)86-81(71)74)60-30-13-6-14-31-60/h3-47,49-52,61,84H,2,48H2,1H3/b75-51+. The Bertz CT molecular complexity index is 5000. The molecule has 1 atom stereocenters. The third kappa shape index (κ3) is 9.14. The van der Waals surface area contributed by atoms with Crippen LogP contribution in [0.1, 0.15) is 28.7 Å². The zero-order valence-electron chi connectivity index (χ0n) is 47.4. The van der Waals surface area contributed by atoms with E-state index in [9.17, 15) is 5.11 Å². The van der Waals surface area contributed by atoms with Crippen molar-refractivity contribution in [2.24, 2.45) is 0 Å². The van der Waals surface area contributed by atoms with Crippen LogP contribution in [-0.2, 0) is 0 Å². The third-order valence-corrected chi connectivity index (χ3v) is 17.0. The van der Waals surface area contributed by atoms with E-state index in [0.29, 0.717) is 22.9 Å². The molecule has 2 aromatic heterocycles. The predicted molar refractivity (Wildman–Crippen MR) is 360 cm³/mol. The highest BCUT2D eigenvalue weighted by atomic mass is 16.3. The van der Waals surface area contributed by atoms with Crippen molar-refractivity contribution in [3.05, 3.63) is 326 Å². The zero-order chi connectivity index (χ0) is 57.7. The first-order valence-electron chi connectivity index (χ1n) is 29.3. The fraction of sp³-hybridized carbons (Fsp3) is 0.0370. The fourth-order valence-corrected chi connectivity index (χ4v) is 12.8. The Kier molecular flexibility index (Phi) is 13.2. The molecular formula is C81H58N2O3. The van der Waals surface area contributed by atoms with Crippen LogP contribution < -0.4 is 9.80 Å². The Labute approximate surface area is 499 Å². The molecule has 0 bridgehead atoms. The maximum absolute atomic E-state index is 13.0. The maximum atomic E-state index is 13.0. The van der Waals surface area contributed by atoms with Gasteiger partial charge in [-0.1, -0.05) is 267 Å². The second kappa shape index (κ2) is 21.9. The van der Waals surface area contributed by atoms with E-state index in [-0.39, 0.29) is 11.8 Å². The summed E-state index contributed by atoms with van der Waals surface area (Å²) in [5.41, 5.74) is 19.7. The predicted octanol–water partition coefficient (Wildman–Crippen LogP) is 22.1. The molecule has 0 saturated carbocycles. The first-order valence-corrected chi connectivity index (χ1v) is 29.3. The molecule has 1 N–H and O–H groups in total. The highest BCUT2D eigenvalue weighted by Gasteiger charge is 2.30. The Balaban J connectivity index is 0.951. The molecule has 0 aliphatic heterocycles. The van der Waals surface area contributed by atoms with Crippen molar-refractivity contribution in [3.63, 3.8) is 0 Å². The Morgan fingerprint density at radius 3 is 1.50 bits per heavy atom. The van der Waals surface area contributed by atoms with E-state index < -0.39 is 0 Å². The number of aryl methyl sites for hydroxylation is 1. The number of aromatic hydroxyl groups is 1. The van der Waals surface area contributed by atoms with Crippen molar-refractivity contribution < 1.29 is 13.9 Å². The molecule has 12 aromatic carbocycles. The van der Waals surface area contributed by atoms with Gasteiger partial charge in [0.15, 0.2) is 11.2 Å². The number of fused-ring (bicyclic) bond motifs is 7. The summed E-state index contributed by atoms with van der Waals surface area (Å²) < 4.78 is 14.5. The molecule has 1 aliphatic rings. The molecular weight excluding hydrogens is 1050 g/mol. The molecule has 0 saturated heterocycles. The van der Waals surface area contributed by atoms with E-state index in [2.05, 4.69) is 278 Å². The number of nitrogens with zero attached hydrogens (tertiary/aromatic N) is 2. The number of para-hydroxylation sites is 4. The lowest BCUT2D eigenvalue weighted by Crippen LogP contribution is -2.33. The van der Waals surface area contributed by atoms with Crippen molar-refractivity contribution in [1.29, 1.82) is 0 Å². The molecule has 15 rings (SSSR count). The minimum atomic E-state index is -0.171. The summed E-state index contributed by atoms with van der Waals surface area (Å²) in [6.45, 7) is 7.12. The quantitative estimate of drug-likeness (QED) is 0.117. The van der Waals surface area contributed by atoms with Crippen molar-refractivity contribution in [1.82, 2.24) is 0 Å². The molecule has 0 radical (unpaired) electrons.